The van der Waals surface area contributed by atoms with Crippen LogP contribution < -0.4 is 5.32 Å². The van der Waals surface area contributed by atoms with Crippen molar-refractivity contribution in [3.8, 4) is 0 Å². The smallest absolute Gasteiger partial charge is 0.251 e. The van der Waals surface area contributed by atoms with Gasteiger partial charge in [0.15, 0.2) is 0 Å². The van der Waals surface area contributed by atoms with Crippen LogP contribution >= 0.6 is 0 Å². The van der Waals surface area contributed by atoms with Gasteiger partial charge in [0.25, 0.3) is 5.91 Å². The zero-order chi connectivity index (χ0) is 14.9. The predicted molar refractivity (Wildman–Crippen MR) is 81.0 cm³/mol. The van der Waals surface area contributed by atoms with E-state index < -0.39 is 5.54 Å². The van der Waals surface area contributed by atoms with E-state index in [-0.39, 0.29) is 12.5 Å². The monoisotopic (exact) mass is 287 g/mol. The van der Waals surface area contributed by atoms with E-state index in [4.69, 9.17) is 0 Å². The summed E-state index contributed by atoms with van der Waals surface area (Å²) in [5.41, 5.74) is 1.06. The molecule has 5 heteroatoms. The topological polar surface area (TPSA) is 78.0 Å². The first-order valence-corrected chi connectivity index (χ1v) is 7.48. The van der Waals surface area contributed by atoms with Crippen LogP contribution in [0.3, 0.4) is 0 Å². The van der Waals surface area contributed by atoms with Crippen molar-refractivity contribution in [1.29, 1.82) is 0 Å². The number of nitrogens with one attached hydrogen (secondary N) is 2. The van der Waals surface area contributed by atoms with E-state index in [0.717, 1.165) is 36.6 Å². The van der Waals surface area contributed by atoms with Crippen LogP contribution in [-0.2, 0) is 0 Å². The van der Waals surface area contributed by atoms with Crippen LogP contribution in [0.2, 0.25) is 0 Å². The van der Waals surface area contributed by atoms with Gasteiger partial charge in [0, 0.05) is 10.9 Å². The molecule has 0 radical (unpaired) electrons. The SMILES string of the molecule is CC1CCC(CO)(NC(=O)c2ccc3[nH]ncc3c2)CC1. The van der Waals surface area contributed by atoms with Crippen molar-refractivity contribution in [2.45, 2.75) is 38.1 Å². The maximum atomic E-state index is 12.5. The molecular formula is C16H21N3O2. The Hall–Kier alpha value is -1.88. The number of carbonyl (C=O) groups excluding carboxylic acids is 1. The summed E-state index contributed by atoms with van der Waals surface area (Å²) in [5, 5.41) is 20.5. The van der Waals surface area contributed by atoms with E-state index in [0.29, 0.717) is 11.5 Å². The summed E-state index contributed by atoms with van der Waals surface area (Å²) in [7, 11) is 0. The quantitative estimate of drug-likeness (QED) is 0.810. The van der Waals surface area contributed by atoms with Crippen LogP contribution in [0, 0.1) is 5.92 Å². The van der Waals surface area contributed by atoms with E-state index >= 15 is 0 Å². The number of aliphatic hydroxyl groups is 1. The van der Waals surface area contributed by atoms with E-state index in [9.17, 15) is 9.90 Å². The number of amides is 1. The fraction of sp³-hybridized carbons (Fsp3) is 0.500. The van der Waals surface area contributed by atoms with Gasteiger partial charge in [-0.25, -0.2) is 0 Å². The Morgan fingerprint density at radius 2 is 2.24 bits per heavy atom. The summed E-state index contributed by atoms with van der Waals surface area (Å²) in [5.74, 6) is 0.547. The Morgan fingerprint density at radius 1 is 1.48 bits per heavy atom. The maximum Gasteiger partial charge on any atom is 0.251 e. The highest BCUT2D eigenvalue weighted by Crippen LogP contribution is 2.31. The number of benzene rings is 1. The molecule has 2 aromatic rings. The molecule has 21 heavy (non-hydrogen) atoms. The third-order valence-corrected chi connectivity index (χ3v) is 4.62. The molecule has 0 spiro atoms. The van der Waals surface area contributed by atoms with Crippen molar-refractivity contribution in [3.63, 3.8) is 0 Å². The molecule has 0 atom stereocenters. The first kappa shape index (κ1) is 14.1. The summed E-state index contributed by atoms with van der Waals surface area (Å²) in [4.78, 5) is 12.5. The molecule has 1 aromatic heterocycles. The molecule has 0 bridgehead atoms. The van der Waals surface area contributed by atoms with Gasteiger partial charge in [-0.2, -0.15) is 5.10 Å². The summed E-state index contributed by atoms with van der Waals surface area (Å²) in [6.07, 6.45) is 5.47. The minimum absolute atomic E-state index is 0.000581. The summed E-state index contributed by atoms with van der Waals surface area (Å²) in [6.45, 7) is 2.22. The lowest BCUT2D eigenvalue weighted by atomic mass is 9.77. The van der Waals surface area contributed by atoms with Crippen LogP contribution in [0.15, 0.2) is 24.4 Å². The normalized spacial score (nSPS) is 25.9. The van der Waals surface area contributed by atoms with Gasteiger partial charge in [-0.3, -0.25) is 9.89 Å². The molecule has 0 aliphatic heterocycles. The van der Waals surface area contributed by atoms with E-state index in [1.165, 1.54) is 0 Å². The number of hydrogen-bond acceptors (Lipinski definition) is 3. The summed E-state index contributed by atoms with van der Waals surface area (Å²) >= 11 is 0. The molecule has 1 fully saturated rings. The Morgan fingerprint density at radius 3 is 2.95 bits per heavy atom. The van der Waals surface area contributed by atoms with Crippen molar-refractivity contribution in [3.05, 3.63) is 30.0 Å². The average Bonchev–Trinajstić information content (AvgIpc) is 2.97. The van der Waals surface area contributed by atoms with Crippen molar-refractivity contribution in [2.75, 3.05) is 6.61 Å². The first-order chi connectivity index (χ1) is 10.1. The van der Waals surface area contributed by atoms with Crippen LogP contribution in [0.25, 0.3) is 10.9 Å². The van der Waals surface area contributed by atoms with Gasteiger partial charge in [0.1, 0.15) is 0 Å². The maximum absolute atomic E-state index is 12.5. The molecule has 3 N–H and O–H groups in total. The fourth-order valence-corrected chi connectivity index (χ4v) is 3.03. The second kappa shape index (κ2) is 5.48. The van der Waals surface area contributed by atoms with Crippen LogP contribution in [0.4, 0.5) is 0 Å². The highest BCUT2D eigenvalue weighted by Gasteiger charge is 2.35. The highest BCUT2D eigenvalue weighted by atomic mass is 16.3. The van der Waals surface area contributed by atoms with Gasteiger partial charge >= 0.3 is 0 Å². The highest BCUT2D eigenvalue weighted by molar-refractivity contribution is 5.98. The molecule has 1 heterocycles. The number of fused-ring (bicyclic) bond motifs is 1. The third-order valence-electron chi connectivity index (χ3n) is 4.62. The van der Waals surface area contributed by atoms with Crippen molar-refractivity contribution >= 4 is 16.8 Å². The fourth-order valence-electron chi connectivity index (χ4n) is 3.03. The molecule has 1 amide bonds. The second-order valence-electron chi connectivity index (χ2n) is 6.25. The number of H-pyrrole nitrogens is 1. The Labute approximate surface area is 123 Å². The number of aliphatic hydroxyl groups excluding tert-OH is 1. The number of aromatic amines is 1. The predicted octanol–water partition coefficient (Wildman–Crippen LogP) is 2.23. The van der Waals surface area contributed by atoms with Crippen molar-refractivity contribution in [2.24, 2.45) is 5.92 Å². The average molecular weight is 287 g/mol. The minimum Gasteiger partial charge on any atom is -0.394 e. The molecule has 3 rings (SSSR count). The Balaban J connectivity index is 1.77. The first-order valence-electron chi connectivity index (χ1n) is 7.48. The molecule has 5 nitrogen and oxygen atoms in total. The summed E-state index contributed by atoms with van der Waals surface area (Å²) < 4.78 is 0. The van der Waals surface area contributed by atoms with E-state index in [1.807, 2.05) is 12.1 Å². The van der Waals surface area contributed by atoms with Crippen molar-refractivity contribution < 1.29 is 9.90 Å². The zero-order valence-electron chi connectivity index (χ0n) is 12.2. The lowest BCUT2D eigenvalue weighted by molar-refractivity contribution is 0.0717. The second-order valence-corrected chi connectivity index (χ2v) is 6.25. The van der Waals surface area contributed by atoms with Gasteiger partial charge in [0.2, 0.25) is 0 Å². The molecule has 0 saturated heterocycles. The number of aromatic nitrogens is 2. The van der Waals surface area contributed by atoms with Crippen LogP contribution in [0.1, 0.15) is 43.0 Å². The molecule has 1 aliphatic rings. The Bertz CT molecular complexity index is 642. The number of nitrogens with zero attached hydrogens (tertiary/aromatic N) is 1. The molecule has 1 aliphatic carbocycles. The minimum atomic E-state index is -0.463. The summed E-state index contributed by atoms with van der Waals surface area (Å²) in [6, 6.07) is 5.46. The third kappa shape index (κ3) is 2.78. The van der Waals surface area contributed by atoms with E-state index in [1.54, 1.807) is 12.3 Å². The van der Waals surface area contributed by atoms with Crippen LogP contribution in [0.5, 0.6) is 0 Å². The van der Waals surface area contributed by atoms with Gasteiger partial charge < -0.3 is 10.4 Å². The van der Waals surface area contributed by atoms with E-state index in [2.05, 4.69) is 22.4 Å². The van der Waals surface area contributed by atoms with Gasteiger partial charge in [-0.15, -0.1) is 0 Å². The number of carbonyl (C=O) groups is 1. The molecule has 1 aromatic carbocycles. The van der Waals surface area contributed by atoms with Gasteiger partial charge in [0.05, 0.1) is 23.9 Å². The Kier molecular flexibility index (Phi) is 3.68. The van der Waals surface area contributed by atoms with Gasteiger partial charge in [-0.1, -0.05) is 6.92 Å². The zero-order valence-corrected chi connectivity index (χ0v) is 12.2. The van der Waals surface area contributed by atoms with Crippen LogP contribution in [-0.4, -0.2) is 33.4 Å². The molecule has 112 valence electrons. The number of hydrogen-bond donors (Lipinski definition) is 3. The number of rotatable bonds is 3. The van der Waals surface area contributed by atoms with Gasteiger partial charge in [-0.05, 0) is 49.8 Å². The lowest BCUT2D eigenvalue weighted by Crippen LogP contribution is -2.53. The largest absolute Gasteiger partial charge is 0.394 e. The molecule has 1 saturated carbocycles. The standard InChI is InChI=1S/C16H21N3O2/c1-11-4-6-16(10-20,7-5-11)18-15(21)12-2-3-14-13(8-12)9-17-19-14/h2-3,8-9,11,20H,4-7,10H2,1H3,(H,17,19)(H,18,21). The molecule has 0 unspecified atom stereocenters. The lowest BCUT2D eigenvalue weighted by Gasteiger charge is -2.38. The molecular weight excluding hydrogens is 266 g/mol. The van der Waals surface area contributed by atoms with Crippen molar-refractivity contribution in [1.82, 2.24) is 15.5 Å².